The van der Waals surface area contributed by atoms with Crippen molar-refractivity contribution < 1.29 is 35.9 Å². The zero-order chi connectivity index (χ0) is 35.5. The van der Waals surface area contributed by atoms with E-state index >= 15 is 4.39 Å². The molecule has 1 unspecified atom stereocenters. The number of likely N-dealkylation sites (N-methyl/N-ethyl adjacent to an activating group) is 1. The minimum atomic E-state index is -5.11. The minimum absolute atomic E-state index is 0.0317. The van der Waals surface area contributed by atoms with Crippen LogP contribution >= 0.6 is 11.3 Å². The molecule has 5 heterocycles. The molecule has 3 aliphatic heterocycles. The van der Waals surface area contributed by atoms with Gasteiger partial charge in [0.05, 0.1) is 27.4 Å². The van der Waals surface area contributed by atoms with E-state index in [1.807, 2.05) is 17.0 Å². The highest BCUT2D eigenvalue weighted by Gasteiger charge is 2.49. The van der Waals surface area contributed by atoms with Gasteiger partial charge in [0, 0.05) is 60.9 Å². The fourth-order valence-electron chi connectivity index (χ4n) is 7.70. The van der Waals surface area contributed by atoms with Gasteiger partial charge >= 0.3 is 12.2 Å². The Labute approximate surface area is 286 Å². The zero-order valence-electron chi connectivity index (χ0n) is 26.7. The molecule has 260 valence electrons. The molecule has 16 heteroatoms. The van der Waals surface area contributed by atoms with Crippen LogP contribution in [0.25, 0.3) is 32.1 Å². The van der Waals surface area contributed by atoms with E-state index in [-0.39, 0.29) is 71.0 Å². The maximum atomic E-state index is 17.0. The molecule has 2 aromatic heterocycles. The highest BCUT2D eigenvalue weighted by molar-refractivity contribution is 7.17. The van der Waals surface area contributed by atoms with Crippen LogP contribution in [0.1, 0.15) is 43.2 Å². The number of nitriles is 2. The van der Waals surface area contributed by atoms with Gasteiger partial charge in [-0.25, -0.2) is 13.2 Å². The van der Waals surface area contributed by atoms with Crippen molar-refractivity contribution in [3.63, 3.8) is 0 Å². The average Bonchev–Trinajstić information content (AvgIpc) is 3.87. The molecule has 0 N–H and O–H groups in total. The number of nitrogens with zero attached hydrogens (tertiary/aromatic N) is 7. The van der Waals surface area contributed by atoms with Crippen molar-refractivity contribution in [3.8, 4) is 29.3 Å². The van der Waals surface area contributed by atoms with Crippen molar-refractivity contribution in [2.75, 3.05) is 44.7 Å². The summed E-state index contributed by atoms with van der Waals surface area (Å²) in [5.74, 6) is -2.63. The maximum absolute atomic E-state index is 17.0. The molecule has 3 aliphatic rings. The van der Waals surface area contributed by atoms with Crippen LogP contribution in [0, 0.1) is 34.3 Å². The molecule has 50 heavy (non-hydrogen) atoms. The van der Waals surface area contributed by atoms with E-state index in [2.05, 4.69) is 9.97 Å². The van der Waals surface area contributed by atoms with Gasteiger partial charge in [-0.15, -0.1) is 11.3 Å². The number of anilines is 1. The zero-order valence-corrected chi connectivity index (χ0v) is 27.5. The largest absolute Gasteiger partial charge is 0.461 e. The molecule has 0 spiro atoms. The van der Waals surface area contributed by atoms with Gasteiger partial charge in [-0.05, 0) is 43.5 Å². The second-order valence-corrected chi connectivity index (χ2v) is 13.9. The van der Waals surface area contributed by atoms with Gasteiger partial charge in [0.15, 0.2) is 5.82 Å². The summed E-state index contributed by atoms with van der Waals surface area (Å²) in [7, 11) is 1.56. The Morgan fingerprint density at radius 1 is 1.20 bits per heavy atom. The average molecular weight is 714 g/mol. The Bertz CT molecular complexity index is 2110. The Hall–Kier alpha value is -4.67. The lowest BCUT2D eigenvalue weighted by Crippen LogP contribution is -2.43. The standard InChI is InChI=1S/C34H29F6N7O2S/c1-45(20-6-10-46(15-20)25(48)5-8-41)31-22-11-23(34(38,39)40)27(21-3-4-24(36)30-26(21)18(13-42)16-50-30)28(37)29(22)43-32(44-31)49-17-33-7-2-9-47(33)14-19(35)12-33/h3-4,11,16,19-20H,2,5-7,9-10,12,14-15,17H2,1H3/t19-,20?,33+/m1/s1. The van der Waals surface area contributed by atoms with E-state index in [1.165, 1.54) is 10.3 Å². The molecule has 1 amide bonds. The number of thiophene rings is 1. The molecule has 2 aromatic carbocycles. The number of aromatic nitrogens is 2. The van der Waals surface area contributed by atoms with Gasteiger partial charge in [-0.3, -0.25) is 9.69 Å². The van der Waals surface area contributed by atoms with Crippen molar-refractivity contribution >= 4 is 44.1 Å². The number of carbonyl (C=O) groups excluding carboxylic acids is 1. The normalized spacial score (nSPS) is 22.2. The van der Waals surface area contributed by atoms with Gasteiger partial charge in [0.2, 0.25) is 5.91 Å². The van der Waals surface area contributed by atoms with Crippen LogP contribution in [-0.4, -0.2) is 83.3 Å². The SMILES string of the molecule is CN(c1nc(OC[C@@]23CCCN2C[C@H](F)C3)nc2c(F)c(-c3ccc(F)c4scc(C#N)c34)c(C(F)(F)F)cc12)C1CCN(C(=O)CC#N)C1. The van der Waals surface area contributed by atoms with Gasteiger partial charge < -0.3 is 14.5 Å². The molecule has 0 aliphatic carbocycles. The molecule has 9 nitrogen and oxygen atoms in total. The number of halogens is 6. The summed E-state index contributed by atoms with van der Waals surface area (Å²) in [5.41, 5.74) is -3.86. The molecule has 3 saturated heterocycles. The molecule has 0 bridgehead atoms. The lowest BCUT2D eigenvalue weighted by molar-refractivity contribution is -0.137. The summed E-state index contributed by atoms with van der Waals surface area (Å²) >= 11 is 0.821. The second-order valence-electron chi connectivity index (χ2n) is 13.0. The molecule has 3 fully saturated rings. The molecule has 3 atom stereocenters. The van der Waals surface area contributed by atoms with E-state index in [9.17, 15) is 32.0 Å². The van der Waals surface area contributed by atoms with Gasteiger partial charge in [-0.2, -0.15) is 33.7 Å². The van der Waals surface area contributed by atoms with Crippen LogP contribution in [0.15, 0.2) is 23.6 Å². The number of hydrogen-bond acceptors (Lipinski definition) is 9. The number of benzene rings is 2. The summed E-state index contributed by atoms with van der Waals surface area (Å²) in [6.45, 7) is 1.33. The second kappa shape index (κ2) is 12.6. The lowest BCUT2D eigenvalue weighted by atomic mass is 9.92. The Kier molecular flexibility index (Phi) is 8.51. The van der Waals surface area contributed by atoms with Crippen LogP contribution in [0.2, 0.25) is 0 Å². The number of ether oxygens (including phenoxy) is 1. The molecular weight excluding hydrogens is 684 g/mol. The van der Waals surface area contributed by atoms with Crippen LogP contribution in [0.5, 0.6) is 6.01 Å². The van der Waals surface area contributed by atoms with Crippen molar-refractivity contribution in [3.05, 3.63) is 46.3 Å². The first-order valence-corrected chi connectivity index (χ1v) is 16.8. The van der Waals surface area contributed by atoms with Crippen LogP contribution < -0.4 is 9.64 Å². The number of fused-ring (bicyclic) bond motifs is 3. The van der Waals surface area contributed by atoms with Crippen molar-refractivity contribution in [2.24, 2.45) is 0 Å². The van der Waals surface area contributed by atoms with Gasteiger partial charge in [0.25, 0.3) is 0 Å². The topological polar surface area (TPSA) is 109 Å². The third-order valence-corrected chi connectivity index (χ3v) is 11.1. The van der Waals surface area contributed by atoms with Crippen LogP contribution in [0.3, 0.4) is 0 Å². The first kappa shape index (κ1) is 33.8. The van der Waals surface area contributed by atoms with Gasteiger partial charge in [0.1, 0.15) is 42.4 Å². The fraction of sp³-hybridized carbons (Fsp3) is 0.441. The predicted octanol–water partition coefficient (Wildman–Crippen LogP) is 6.59. The minimum Gasteiger partial charge on any atom is -0.461 e. The monoisotopic (exact) mass is 713 g/mol. The highest BCUT2D eigenvalue weighted by atomic mass is 32.1. The van der Waals surface area contributed by atoms with E-state index in [0.717, 1.165) is 36.0 Å². The number of likely N-dealkylation sites (tertiary alicyclic amines) is 1. The number of hydrogen-bond donors (Lipinski definition) is 0. The number of alkyl halides is 4. The molecule has 0 saturated carbocycles. The molecular formula is C34H29F6N7O2S. The van der Waals surface area contributed by atoms with E-state index in [4.69, 9.17) is 10.00 Å². The summed E-state index contributed by atoms with van der Waals surface area (Å²) in [4.78, 5) is 26.2. The molecule has 4 aromatic rings. The summed E-state index contributed by atoms with van der Waals surface area (Å²) in [6, 6.07) is 5.57. The van der Waals surface area contributed by atoms with Crippen LogP contribution in [0.4, 0.5) is 32.2 Å². The van der Waals surface area contributed by atoms with E-state index < -0.39 is 58.1 Å². The van der Waals surface area contributed by atoms with Crippen molar-refractivity contribution in [1.29, 1.82) is 10.5 Å². The first-order valence-electron chi connectivity index (χ1n) is 16.0. The Balaban J connectivity index is 1.41. The highest BCUT2D eigenvalue weighted by Crippen LogP contribution is 2.47. The summed E-state index contributed by atoms with van der Waals surface area (Å²) < 4.78 is 97.0. The Morgan fingerprint density at radius 2 is 2.00 bits per heavy atom. The quantitative estimate of drug-likeness (QED) is 0.198. The van der Waals surface area contributed by atoms with E-state index in [1.54, 1.807) is 11.9 Å². The summed E-state index contributed by atoms with van der Waals surface area (Å²) in [6.07, 6.45) is -4.42. The molecule has 0 radical (unpaired) electrons. The Morgan fingerprint density at radius 3 is 2.74 bits per heavy atom. The smallest absolute Gasteiger partial charge is 0.417 e. The van der Waals surface area contributed by atoms with E-state index in [0.29, 0.717) is 25.9 Å². The number of rotatable bonds is 7. The van der Waals surface area contributed by atoms with Crippen LogP contribution in [-0.2, 0) is 11.0 Å². The van der Waals surface area contributed by atoms with Crippen molar-refractivity contribution in [2.45, 2.75) is 56.0 Å². The summed E-state index contributed by atoms with van der Waals surface area (Å²) in [5, 5.41) is 19.6. The third-order valence-electron chi connectivity index (χ3n) is 10.1. The third kappa shape index (κ3) is 5.64. The fourth-order valence-corrected chi connectivity index (χ4v) is 8.63. The number of carbonyl (C=O) groups is 1. The lowest BCUT2D eigenvalue weighted by Gasteiger charge is -2.31. The first-order chi connectivity index (χ1) is 23.8. The maximum Gasteiger partial charge on any atom is 0.417 e. The number of amides is 1. The van der Waals surface area contributed by atoms with Gasteiger partial charge in [-0.1, -0.05) is 6.07 Å². The predicted molar refractivity (Wildman–Crippen MR) is 172 cm³/mol. The molecule has 7 rings (SSSR count). The van der Waals surface area contributed by atoms with Crippen molar-refractivity contribution in [1.82, 2.24) is 19.8 Å².